The highest BCUT2D eigenvalue weighted by atomic mass is 16.5. The summed E-state index contributed by atoms with van der Waals surface area (Å²) in [5, 5.41) is 12.6. The first-order valence-electron chi connectivity index (χ1n) is 5.66. The molecule has 0 fully saturated rings. The summed E-state index contributed by atoms with van der Waals surface area (Å²) in [4.78, 5) is 3.98. The van der Waals surface area contributed by atoms with Crippen molar-refractivity contribution in [2.75, 3.05) is 26.8 Å². The summed E-state index contributed by atoms with van der Waals surface area (Å²) in [5.41, 5.74) is 0. The van der Waals surface area contributed by atoms with Crippen molar-refractivity contribution in [3.05, 3.63) is 18.7 Å². The molecular weight excluding hydrogens is 206 g/mol. The summed E-state index contributed by atoms with van der Waals surface area (Å²) in [7, 11) is 1.59. The van der Waals surface area contributed by atoms with Crippen molar-refractivity contribution >= 4 is 0 Å². The topological polar surface area (TPSA) is 59.3 Å². The zero-order chi connectivity index (χ0) is 11.6. The minimum atomic E-state index is -0.404. The van der Waals surface area contributed by atoms with Gasteiger partial charge in [-0.25, -0.2) is 4.98 Å². The number of methoxy groups -OCH3 is 1. The highest BCUT2D eigenvalue weighted by molar-refractivity contribution is 4.73. The van der Waals surface area contributed by atoms with E-state index in [0.717, 1.165) is 25.9 Å². The van der Waals surface area contributed by atoms with Crippen LogP contribution in [-0.2, 0) is 11.3 Å². The van der Waals surface area contributed by atoms with Gasteiger partial charge in [-0.1, -0.05) is 0 Å². The Bertz CT molecular complexity index is 252. The monoisotopic (exact) mass is 227 g/mol. The van der Waals surface area contributed by atoms with Crippen LogP contribution in [0, 0.1) is 0 Å². The molecule has 1 unspecified atom stereocenters. The van der Waals surface area contributed by atoms with Crippen molar-refractivity contribution in [2.45, 2.75) is 25.5 Å². The fraction of sp³-hybridized carbons (Fsp3) is 0.727. The van der Waals surface area contributed by atoms with Gasteiger partial charge in [-0.2, -0.15) is 0 Å². The van der Waals surface area contributed by atoms with Gasteiger partial charge in [0.15, 0.2) is 0 Å². The van der Waals surface area contributed by atoms with Gasteiger partial charge in [-0.05, 0) is 19.4 Å². The average Bonchev–Trinajstić information content (AvgIpc) is 2.76. The SMILES string of the molecule is COCC(O)CNCCCCn1ccnc1. The van der Waals surface area contributed by atoms with E-state index < -0.39 is 6.10 Å². The molecule has 5 nitrogen and oxygen atoms in total. The molecule has 0 saturated carbocycles. The van der Waals surface area contributed by atoms with Crippen molar-refractivity contribution in [3.63, 3.8) is 0 Å². The summed E-state index contributed by atoms with van der Waals surface area (Å²) >= 11 is 0. The number of nitrogens with zero attached hydrogens (tertiary/aromatic N) is 2. The van der Waals surface area contributed by atoms with Crippen LogP contribution in [0.4, 0.5) is 0 Å². The predicted octanol–water partition coefficient (Wildman–Crippen LogP) is 0.260. The van der Waals surface area contributed by atoms with Crippen molar-refractivity contribution in [1.29, 1.82) is 0 Å². The van der Waals surface area contributed by atoms with Crippen LogP contribution >= 0.6 is 0 Å². The Kier molecular flexibility index (Phi) is 6.80. The van der Waals surface area contributed by atoms with Crippen molar-refractivity contribution in [2.24, 2.45) is 0 Å². The summed E-state index contributed by atoms with van der Waals surface area (Å²) in [6.07, 6.45) is 7.39. The number of hydrogen-bond acceptors (Lipinski definition) is 4. The Labute approximate surface area is 96.4 Å². The number of aromatic nitrogens is 2. The molecule has 1 heterocycles. The number of aliphatic hydroxyl groups is 1. The lowest BCUT2D eigenvalue weighted by molar-refractivity contribution is 0.0646. The average molecular weight is 227 g/mol. The van der Waals surface area contributed by atoms with Gasteiger partial charge in [0.1, 0.15) is 0 Å². The van der Waals surface area contributed by atoms with Crippen LogP contribution in [0.5, 0.6) is 0 Å². The van der Waals surface area contributed by atoms with Crippen LogP contribution in [0.25, 0.3) is 0 Å². The fourth-order valence-corrected chi connectivity index (χ4v) is 1.48. The number of hydrogen-bond donors (Lipinski definition) is 2. The zero-order valence-electron chi connectivity index (χ0n) is 9.80. The molecule has 0 aliphatic rings. The minimum absolute atomic E-state index is 0.391. The Hall–Kier alpha value is -0.910. The number of aliphatic hydroxyl groups excluding tert-OH is 1. The molecule has 1 atom stereocenters. The lowest BCUT2D eigenvalue weighted by Crippen LogP contribution is -2.30. The molecule has 0 aromatic carbocycles. The second kappa shape index (κ2) is 8.27. The molecule has 5 heteroatoms. The molecule has 0 spiro atoms. The molecule has 0 saturated heterocycles. The van der Waals surface area contributed by atoms with Crippen molar-refractivity contribution in [1.82, 2.24) is 14.9 Å². The van der Waals surface area contributed by atoms with Gasteiger partial charge in [0, 0.05) is 32.6 Å². The van der Waals surface area contributed by atoms with E-state index in [-0.39, 0.29) is 0 Å². The Morgan fingerprint density at radius 3 is 3.06 bits per heavy atom. The third kappa shape index (κ3) is 5.85. The van der Waals surface area contributed by atoms with Crippen LogP contribution in [-0.4, -0.2) is 47.6 Å². The molecule has 0 aliphatic carbocycles. The van der Waals surface area contributed by atoms with Gasteiger partial charge in [-0.3, -0.25) is 0 Å². The first kappa shape index (κ1) is 13.2. The number of rotatable bonds is 9. The first-order chi connectivity index (χ1) is 7.83. The van der Waals surface area contributed by atoms with E-state index in [9.17, 15) is 5.11 Å². The third-order valence-electron chi connectivity index (χ3n) is 2.32. The largest absolute Gasteiger partial charge is 0.389 e. The Balaban J connectivity index is 1.88. The van der Waals surface area contributed by atoms with Crippen LogP contribution in [0.15, 0.2) is 18.7 Å². The fourth-order valence-electron chi connectivity index (χ4n) is 1.48. The summed E-state index contributed by atoms with van der Waals surface area (Å²) < 4.78 is 6.90. The van der Waals surface area contributed by atoms with Crippen LogP contribution in [0.2, 0.25) is 0 Å². The summed E-state index contributed by atoms with van der Waals surface area (Å²) in [6.45, 7) is 2.92. The van der Waals surface area contributed by atoms with Gasteiger partial charge in [0.25, 0.3) is 0 Å². The maximum atomic E-state index is 9.36. The standard InChI is InChI=1S/C11H21N3O2/c1-16-9-11(15)8-12-4-2-3-6-14-7-5-13-10-14/h5,7,10-12,15H,2-4,6,8-9H2,1H3. The maximum absolute atomic E-state index is 9.36. The van der Waals surface area contributed by atoms with Gasteiger partial charge in [0.2, 0.25) is 0 Å². The van der Waals surface area contributed by atoms with Crippen molar-refractivity contribution < 1.29 is 9.84 Å². The highest BCUT2D eigenvalue weighted by Crippen LogP contribution is 1.94. The smallest absolute Gasteiger partial charge is 0.0945 e. The van der Waals surface area contributed by atoms with E-state index >= 15 is 0 Å². The van der Waals surface area contributed by atoms with Gasteiger partial charge in [-0.15, -0.1) is 0 Å². The molecule has 0 aliphatic heterocycles. The third-order valence-corrected chi connectivity index (χ3v) is 2.32. The molecule has 0 radical (unpaired) electrons. The van der Waals surface area contributed by atoms with Crippen LogP contribution in [0.1, 0.15) is 12.8 Å². The van der Waals surface area contributed by atoms with E-state index in [0.29, 0.717) is 13.2 Å². The van der Waals surface area contributed by atoms with E-state index in [1.54, 1.807) is 13.3 Å². The maximum Gasteiger partial charge on any atom is 0.0945 e. The number of imidazole rings is 1. The molecule has 0 bridgehead atoms. The zero-order valence-corrected chi connectivity index (χ0v) is 9.80. The summed E-state index contributed by atoms with van der Waals surface area (Å²) in [6, 6.07) is 0. The van der Waals surface area contributed by atoms with Gasteiger partial charge in [0.05, 0.1) is 19.0 Å². The van der Waals surface area contributed by atoms with E-state index in [1.807, 2.05) is 12.5 Å². The van der Waals surface area contributed by atoms with Gasteiger partial charge < -0.3 is 19.7 Å². The van der Waals surface area contributed by atoms with Crippen molar-refractivity contribution in [3.8, 4) is 0 Å². The lowest BCUT2D eigenvalue weighted by atomic mass is 10.3. The molecule has 16 heavy (non-hydrogen) atoms. The number of unbranched alkanes of at least 4 members (excludes halogenated alkanes) is 1. The molecule has 0 amide bonds. The predicted molar refractivity (Wildman–Crippen MR) is 62.2 cm³/mol. The van der Waals surface area contributed by atoms with E-state index in [2.05, 4.69) is 14.9 Å². The molecule has 1 aromatic rings. The molecule has 2 N–H and O–H groups in total. The first-order valence-corrected chi connectivity index (χ1v) is 5.66. The lowest BCUT2D eigenvalue weighted by Gasteiger charge is -2.10. The molecular formula is C11H21N3O2. The quantitative estimate of drug-likeness (QED) is 0.594. The number of aryl methyl sites for hydroxylation is 1. The van der Waals surface area contributed by atoms with E-state index in [1.165, 1.54) is 0 Å². The second-order valence-corrected chi connectivity index (χ2v) is 3.82. The normalized spacial score (nSPS) is 12.9. The molecule has 92 valence electrons. The highest BCUT2D eigenvalue weighted by Gasteiger charge is 2.01. The molecule has 1 aromatic heterocycles. The number of nitrogens with one attached hydrogen (secondary N) is 1. The van der Waals surface area contributed by atoms with Gasteiger partial charge >= 0.3 is 0 Å². The summed E-state index contributed by atoms with van der Waals surface area (Å²) in [5.74, 6) is 0. The number of ether oxygens (including phenoxy) is 1. The molecule has 1 rings (SSSR count). The second-order valence-electron chi connectivity index (χ2n) is 3.82. The van der Waals surface area contributed by atoms with E-state index in [4.69, 9.17) is 4.74 Å². The Morgan fingerprint density at radius 1 is 1.50 bits per heavy atom. The Morgan fingerprint density at radius 2 is 2.38 bits per heavy atom. The van der Waals surface area contributed by atoms with Crippen LogP contribution < -0.4 is 5.32 Å². The minimum Gasteiger partial charge on any atom is -0.389 e. The van der Waals surface area contributed by atoms with Crippen LogP contribution in [0.3, 0.4) is 0 Å².